The minimum Gasteiger partial charge on any atom is -0.481 e. The Kier molecular flexibility index (Phi) is 6.11. The van der Waals surface area contributed by atoms with Gasteiger partial charge in [0.1, 0.15) is 5.69 Å². The van der Waals surface area contributed by atoms with Crippen LogP contribution in [0.25, 0.3) is 0 Å². The lowest BCUT2D eigenvalue weighted by molar-refractivity contribution is -0.384. The molecule has 1 fully saturated rings. The predicted molar refractivity (Wildman–Crippen MR) is 87.7 cm³/mol. The molecule has 0 heterocycles. The molecule has 24 heavy (non-hydrogen) atoms. The van der Waals surface area contributed by atoms with Gasteiger partial charge in [-0.05, 0) is 31.7 Å². The number of benzene rings is 1. The number of carboxylic acids is 1. The summed E-state index contributed by atoms with van der Waals surface area (Å²) in [7, 11) is 0. The van der Waals surface area contributed by atoms with Gasteiger partial charge >= 0.3 is 5.97 Å². The van der Waals surface area contributed by atoms with Crippen molar-refractivity contribution in [3.8, 4) is 0 Å². The van der Waals surface area contributed by atoms with Crippen molar-refractivity contribution >= 4 is 23.3 Å². The van der Waals surface area contributed by atoms with Gasteiger partial charge in [0.15, 0.2) is 0 Å². The van der Waals surface area contributed by atoms with Gasteiger partial charge in [-0.25, -0.2) is 0 Å². The van der Waals surface area contributed by atoms with Crippen LogP contribution in [0.1, 0.15) is 32.1 Å². The number of nitro benzene ring substituents is 1. The van der Waals surface area contributed by atoms with Crippen LogP contribution in [0, 0.1) is 16.0 Å². The topological polar surface area (TPSA) is 122 Å². The number of rotatable bonds is 7. The van der Waals surface area contributed by atoms with E-state index in [9.17, 15) is 19.7 Å². The third-order valence-corrected chi connectivity index (χ3v) is 4.21. The molecule has 0 radical (unpaired) electrons. The first-order chi connectivity index (χ1) is 11.5. The molecule has 1 aliphatic carbocycles. The standard InChI is InChI=1S/C16H21N3O5/c20-15(18-12-7-5-11(6-8-12)16(21)22)9-10-17-13-3-1-2-4-14(13)19(23)24/h1-4,11-12,17H,5-10H2,(H,18,20)(H,21,22). The highest BCUT2D eigenvalue weighted by atomic mass is 16.6. The van der Waals surface area contributed by atoms with E-state index in [2.05, 4.69) is 10.6 Å². The quantitative estimate of drug-likeness (QED) is 0.518. The Morgan fingerprint density at radius 1 is 1.21 bits per heavy atom. The zero-order chi connectivity index (χ0) is 17.5. The average Bonchev–Trinajstić information content (AvgIpc) is 2.55. The Bertz CT molecular complexity index is 611. The summed E-state index contributed by atoms with van der Waals surface area (Å²) in [6.45, 7) is 0.293. The molecular formula is C16H21N3O5. The van der Waals surface area contributed by atoms with E-state index < -0.39 is 10.9 Å². The molecule has 3 N–H and O–H groups in total. The lowest BCUT2D eigenvalue weighted by Gasteiger charge is -2.26. The van der Waals surface area contributed by atoms with Crippen molar-refractivity contribution < 1.29 is 19.6 Å². The molecule has 0 aromatic heterocycles. The zero-order valence-electron chi connectivity index (χ0n) is 13.2. The fraction of sp³-hybridized carbons (Fsp3) is 0.500. The number of hydrogen-bond acceptors (Lipinski definition) is 5. The summed E-state index contributed by atoms with van der Waals surface area (Å²) in [5.74, 6) is -1.22. The second-order valence-corrected chi connectivity index (χ2v) is 5.91. The number of carboxylic acid groups (broad SMARTS) is 1. The van der Waals surface area contributed by atoms with E-state index in [4.69, 9.17) is 5.11 Å². The summed E-state index contributed by atoms with van der Waals surface area (Å²) < 4.78 is 0. The molecule has 1 saturated carbocycles. The Balaban J connectivity index is 1.73. The molecular weight excluding hydrogens is 314 g/mol. The highest BCUT2D eigenvalue weighted by Crippen LogP contribution is 2.25. The van der Waals surface area contributed by atoms with Crippen LogP contribution in [0.4, 0.5) is 11.4 Å². The SMILES string of the molecule is O=C(CCNc1ccccc1[N+](=O)[O-])NC1CCC(C(=O)O)CC1. The number of hydrogen-bond donors (Lipinski definition) is 3. The van der Waals surface area contributed by atoms with E-state index in [0.29, 0.717) is 37.9 Å². The molecule has 1 aliphatic rings. The number of nitro groups is 1. The number of nitrogens with zero attached hydrogens (tertiary/aromatic N) is 1. The van der Waals surface area contributed by atoms with Crippen molar-refractivity contribution in [1.29, 1.82) is 0 Å². The van der Waals surface area contributed by atoms with Crippen LogP contribution in [-0.2, 0) is 9.59 Å². The molecule has 8 nitrogen and oxygen atoms in total. The first kappa shape index (κ1) is 17.7. The molecule has 0 unspecified atom stereocenters. The van der Waals surface area contributed by atoms with E-state index >= 15 is 0 Å². The number of nitrogens with one attached hydrogen (secondary N) is 2. The first-order valence-electron chi connectivity index (χ1n) is 7.97. The molecule has 0 atom stereocenters. The molecule has 8 heteroatoms. The van der Waals surface area contributed by atoms with E-state index in [1.165, 1.54) is 6.07 Å². The van der Waals surface area contributed by atoms with Gasteiger partial charge in [-0.15, -0.1) is 0 Å². The van der Waals surface area contributed by atoms with Crippen LogP contribution in [-0.4, -0.2) is 34.5 Å². The lowest BCUT2D eigenvalue weighted by atomic mass is 9.86. The van der Waals surface area contributed by atoms with E-state index in [1.54, 1.807) is 18.2 Å². The Morgan fingerprint density at radius 2 is 1.88 bits per heavy atom. The number of para-hydroxylation sites is 2. The normalized spacial score (nSPS) is 20.2. The third-order valence-electron chi connectivity index (χ3n) is 4.21. The first-order valence-corrected chi connectivity index (χ1v) is 7.97. The minimum atomic E-state index is -0.770. The Hall–Kier alpha value is -2.64. The lowest BCUT2D eigenvalue weighted by Crippen LogP contribution is -2.39. The molecule has 0 bridgehead atoms. The van der Waals surface area contributed by atoms with Gasteiger partial charge in [-0.1, -0.05) is 12.1 Å². The second kappa shape index (κ2) is 8.28. The molecule has 0 saturated heterocycles. The Labute approximate surface area is 139 Å². The summed E-state index contributed by atoms with van der Waals surface area (Å²) >= 11 is 0. The van der Waals surface area contributed by atoms with E-state index in [-0.39, 0.29) is 30.0 Å². The van der Waals surface area contributed by atoms with Gasteiger partial charge in [-0.3, -0.25) is 19.7 Å². The summed E-state index contributed by atoms with van der Waals surface area (Å²) in [4.78, 5) is 33.3. The van der Waals surface area contributed by atoms with Crippen LogP contribution in [0.15, 0.2) is 24.3 Å². The number of anilines is 1. The summed E-state index contributed by atoms with van der Waals surface area (Å²) in [5, 5.41) is 25.6. The van der Waals surface area contributed by atoms with Gasteiger partial charge in [0.2, 0.25) is 5.91 Å². The monoisotopic (exact) mass is 335 g/mol. The van der Waals surface area contributed by atoms with Crippen molar-refractivity contribution in [3.63, 3.8) is 0 Å². The second-order valence-electron chi connectivity index (χ2n) is 5.91. The maximum atomic E-state index is 11.9. The number of carbonyl (C=O) groups is 2. The fourth-order valence-electron chi connectivity index (χ4n) is 2.88. The van der Waals surface area contributed by atoms with Gasteiger partial charge < -0.3 is 15.7 Å². The van der Waals surface area contributed by atoms with Crippen LogP contribution < -0.4 is 10.6 Å². The molecule has 0 spiro atoms. The molecule has 1 aromatic carbocycles. The van der Waals surface area contributed by atoms with Gasteiger partial charge in [-0.2, -0.15) is 0 Å². The Morgan fingerprint density at radius 3 is 2.50 bits per heavy atom. The smallest absolute Gasteiger partial charge is 0.306 e. The molecule has 0 aliphatic heterocycles. The van der Waals surface area contributed by atoms with Gasteiger partial charge in [0.25, 0.3) is 5.69 Å². The maximum Gasteiger partial charge on any atom is 0.306 e. The maximum absolute atomic E-state index is 11.9. The summed E-state index contributed by atoms with van der Waals surface area (Å²) in [6.07, 6.45) is 2.69. The van der Waals surface area contributed by atoms with Crippen molar-refractivity contribution in [1.82, 2.24) is 5.32 Å². The van der Waals surface area contributed by atoms with Crippen molar-refractivity contribution in [3.05, 3.63) is 34.4 Å². The predicted octanol–water partition coefficient (Wildman–Crippen LogP) is 2.16. The van der Waals surface area contributed by atoms with Crippen LogP contribution >= 0.6 is 0 Å². The largest absolute Gasteiger partial charge is 0.481 e. The highest BCUT2D eigenvalue weighted by Gasteiger charge is 2.26. The van der Waals surface area contributed by atoms with E-state index in [1.807, 2.05) is 0 Å². The summed E-state index contributed by atoms with van der Waals surface area (Å²) in [6, 6.07) is 6.30. The highest BCUT2D eigenvalue weighted by molar-refractivity contribution is 5.77. The van der Waals surface area contributed by atoms with Crippen LogP contribution in [0.3, 0.4) is 0 Å². The van der Waals surface area contributed by atoms with Gasteiger partial charge in [0, 0.05) is 25.1 Å². The van der Waals surface area contributed by atoms with Crippen molar-refractivity contribution in [2.24, 2.45) is 5.92 Å². The number of aliphatic carboxylic acids is 1. The van der Waals surface area contributed by atoms with Crippen LogP contribution in [0.5, 0.6) is 0 Å². The number of carbonyl (C=O) groups excluding carboxylic acids is 1. The molecule has 2 rings (SSSR count). The van der Waals surface area contributed by atoms with E-state index in [0.717, 1.165) is 0 Å². The third kappa shape index (κ3) is 4.94. The molecule has 130 valence electrons. The minimum absolute atomic E-state index is 0.0131. The number of amides is 1. The fourth-order valence-corrected chi connectivity index (χ4v) is 2.88. The van der Waals surface area contributed by atoms with Crippen molar-refractivity contribution in [2.75, 3.05) is 11.9 Å². The molecule has 1 amide bonds. The molecule has 1 aromatic rings. The van der Waals surface area contributed by atoms with Crippen molar-refractivity contribution in [2.45, 2.75) is 38.1 Å². The summed E-state index contributed by atoms with van der Waals surface area (Å²) in [5.41, 5.74) is 0.363. The average molecular weight is 335 g/mol. The zero-order valence-corrected chi connectivity index (χ0v) is 13.2. The van der Waals surface area contributed by atoms with Gasteiger partial charge in [0.05, 0.1) is 10.8 Å². The van der Waals surface area contributed by atoms with Crippen LogP contribution in [0.2, 0.25) is 0 Å².